The molecule has 1 heterocycles. The van der Waals surface area contributed by atoms with E-state index in [1.165, 1.54) is 0 Å². The van der Waals surface area contributed by atoms with Gasteiger partial charge in [0.15, 0.2) is 0 Å². The van der Waals surface area contributed by atoms with Gasteiger partial charge in [0.2, 0.25) is 0 Å². The maximum absolute atomic E-state index is 10.7. The van der Waals surface area contributed by atoms with Crippen LogP contribution in [0.2, 0.25) is 0 Å². The lowest BCUT2D eigenvalue weighted by atomic mass is 9.72. The lowest BCUT2D eigenvalue weighted by Gasteiger charge is -2.49. The molecule has 0 aromatic carbocycles. The maximum atomic E-state index is 10.7. The predicted molar refractivity (Wildman–Crippen MR) is 62.6 cm³/mol. The largest absolute Gasteiger partial charge is 0.465 e. The van der Waals surface area contributed by atoms with Crippen LogP contribution >= 0.6 is 0 Å². The fourth-order valence-electron chi connectivity index (χ4n) is 2.26. The lowest BCUT2D eigenvalue weighted by molar-refractivity contribution is -0.172. The average molecular weight is 229 g/mol. The number of hydrogen-bond donors (Lipinski definition) is 2. The molecular weight excluding hydrogens is 206 g/mol. The van der Waals surface area contributed by atoms with E-state index in [4.69, 9.17) is 9.84 Å². The minimum Gasteiger partial charge on any atom is -0.465 e. The van der Waals surface area contributed by atoms with Crippen molar-refractivity contribution < 1.29 is 14.6 Å². The second-order valence-electron chi connectivity index (χ2n) is 6.00. The van der Waals surface area contributed by atoms with Gasteiger partial charge in [0, 0.05) is 6.04 Å². The van der Waals surface area contributed by atoms with Gasteiger partial charge in [0.05, 0.1) is 11.7 Å². The Morgan fingerprint density at radius 3 is 2.50 bits per heavy atom. The zero-order valence-electron chi connectivity index (χ0n) is 10.8. The van der Waals surface area contributed by atoms with Crippen molar-refractivity contribution in [2.45, 2.75) is 65.2 Å². The highest BCUT2D eigenvalue weighted by atomic mass is 16.5. The highest BCUT2D eigenvalue weighted by molar-refractivity contribution is 5.64. The topological polar surface area (TPSA) is 58.6 Å². The van der Waals surface area contributed by atoms with Crippen molar-refractivity contribution in [3.05, 3.63) is 0 Å². The quantitative estimate of drug-likeness (QED) is 0.726. The summed E-state index contributed by atoms with van der Waals surface area (Å²) in [4.78, 5) is 10.7. The highest BCUT2D eigenvalue weighted by Gasteiger charge is 2.45. The Labute approximate surface area is 97.4 Å². The number of carboxylic acid groups (broad SMARTS) is 1. The van der Waals surface area contributed by atoms with Crippen LogP contribution in [0.4, 0.5) is 4.79 Å². The summed E-state index contributed by atoms with van der Waals surface area (Å²) in [5.74, 6) is 0. The van der Waals surface area contributed by atoms with Crippen molar-refractivity contribution in [2.24, 2.45) is 5.41 Å². The smallest absolute Gasteiger partial charge is 0.404 e. The van der Waals surface area contributed by atoms with Crippen molar-refractivity contribution in [3.63, 3.8) is 0 Å². The number of ether oxygens (including phenoxy) is 1. The number of amides is 1. The fraction of sp³-hybridized carbons (Fsp3) is 0.917. The van der Waals surface area contributed by atoms with Crippen molar-refractivity contribution in [3.8, 4) is 0 Å². The summed E-state index contributed by atoms with van der Waals surface area (Å²) in [6.45, 7) is 10.5. The van der Waals surface area contributed by atoms with E-state index in [1.807, 2.05) is 6.92 Å². The van der Waals surface area contributed by atoms with Crippen molar-refractivity contribution in [1.82, 2.24) is 5.32 Å². The summed E-state index contributed by atoms with van der Waals surface area (Å²) in [6, 6.07) is -0.00882. The van der Waals surface area contributed by atoms with Crippen molar-refractivity contribution >= 4 is 6.09 Å². The average Bonchev–Trinajstić information content (AvgIpc) is 1.97. The summed E-state index contributed by atoms with van der Waals surface area (Å²) >= 11 is 0. The van der Waals surface area contributed by atoms with Gasteiger partial charge in [-0.05, 0) is 32.1 Å². The normalized spacial score (nSPS) is 35.8. The van der Waals surface area contributed by atoms with E-state index >= 15 is 0 Å². The first-order valence-corrected chi connectivity index (χ1v) is 5.81. The van der Waals surface area contributed by atoms with Crippen LogP contribution in [0.15, 0.2) is 0 Å². The van der Waals surface area contributed by atoms with Gasteiger partial charge in [0.25, 0.3) is 0 Å². The summed E-state index contributed by atoms with van der Waals surface area (Å²) in [6.07, 6.45) is 0.621. The first-order chi connectivity index (χ1) is 7.14. The maximum Gasteiger partial charge on any atom is 0.404 e. The second-order valence-corrected chi connectivity index (χ2v) is 6.00. The fourth-order valence-corrected chi connectivity index (χ4v) is 2.26. The van der Waals surface area contributed by atoms with Crippen LogP contribution in [-0.4, -0.2) is 28.9 Å². The molecule has 2 unspecified atom stereocenters. The van der Waals surface area contributed by atoms with E-state index in [0.717, 1.165) is 12.8 Å². The summed E-state index contributed by atoms with van der Waals surface area (Å²) in [7, 11) is 0. The van der Waals surface area contributed by atoms with Crippen LogP contribution in [0, 0.1) is 5.41 Å². The number of rotatable bonds is 1. The first-order valence-electron chi connectivity index (χ1n) is 5.81. The van der Waals surface area contributed by atoms with E-state index in [0.29, 0.717) is 0 Å². The molecule has 0 radical (unpaired) electrons. The number of carbonyl (C=O) groups is 1. The Bertz CT molecular complexity index is 272. The monoisotopic (exact) mass is 229 g/mol. The minimum absolute atomic E-state index is 0.000112. The molecule has 4 nitrogen and oxygen atoms in total. The Morgan fingerprint density at radius 2 is 2.06 bits per heavy atom. The standard InChI is InChI=1S/C12H23NO3/c1-8-6-9(13-10(14)15)7-12(5,16-8)11(2,3)4/h8-9,13H,6-7H2,1-5H3,(H,14,15)/t8-,9?,12?/m0/s1. The minimum atomic E-state index is -0.949. The molecule has 0 spiro atoms. The first kappa shape index (κ1) is 13.3. The zero-order valence-corrected chi connectivity index (χ0v) is 10.8. The van der Waals surface area contributed by atoms with Gasteiger partial charge in [-0.3, -0.25) is 0 Å². The molecule has 4 heteroatoms. The Balaban J connectivity index is 2.78. The molecule has 1 amide bonds. The molecule has 0 aromatic heterocycles. The van der Waals surface area contributed by atoms with Crippen molar-refractivity contribution in [1.29, 1.82) is 0 Å². The van der Waals surface area contributed by atoms with Crippen LogP contribution in [0.25, 0.3) is 0 Å². The molecule has 0 bridgehead atoms. The molecule has 94 valence electrons. The third-order valence-electron chi connectivity index (χ3n) is 3.63. The Morgan fingerprint density at radius 1 is 1.50 bits per heavy atom. The van der Waals surface area contributed by atoms with Crippen LogP contribution in [0.3, 0.4) is 0 Å². The lowest BCUT2D eigenvalue weighted by Crippen LogP contribution is -2.55. The third kappa shape index (κ3) is 2.88. The van der Waals surface area contributed by atoms with E-state index in [-0.39, 0.29) is 23.2 Å². The van der Waals surface area contributed by atoms with Gasteiger partial charge >= 0.3 is 6.09 Å². The molecule has 1 rings (SSSR count). The van der Waals surface area contributed by atoms with Gasteiger partial charge in [-0.1, -0.05) is 20.8 Å². The summed E-state index contributed by atoms with van der Waals surface area (Å²) < 4.78 is 6.02. The van der Waals surface area contributed by atoms with Crippen LogP contribution in [-0.2, 0) is 4.74 Å². The molecule has 2 N–H and O–H groups in total. The van der Waals surface area contributed by atoms with E-state index in [9.17, 15) is 4.79 Å². The summed E-state index contributed by atoms with van der Waals surface area (Å²) in [5.41, 5.74) is -0.280. The molecule has 1 aliphatic rings. The van der Waals surface area contributed by atoms with Gasteiger partial charge < -0.3 is 15.2 Å². The van der Waals surface area contributed by atoms with Gasteiger partial charge in [-0.2, -0.15) is 0 Å². The van der Waals surface area contributed by atoms with Crippen LogP contribution in [0.5, 0.6) is 0 Å². The molecule has 16 heavy (non-hydrogen) atoms. The SMILES string of the molecule is C[C@H]1CC(NC(=O)O)CC(C)(C(C)(C)C)O1. The predicted octanol–water partition coefficient (Wildman–Crippen LogP) is 2.63. The van der Waals surface area contributed by atoms with E-state index < -0.39 is 6.09 Å². The molecule has 0 aromatic rings. The third-order valence-corrected chi connectivity index (χ3v) is 3.63. The Hall–Kier alpha value is -0.770. The zero-order chi connectivity index (χ0) is 12.6. The van der Waals surface area contributed by atoms with Crippen molar-refractivity contribution in [2.75, 3.05) is 0 Å². The molecule has 1 saturated heterocycles. The molecular formula is C12H23NO3. The number of hydrogen-bond acceptors (Lipinski definition) is 2. The molecule has 0 aliphatic carbocycles. The van der Waals surface area contributed by atoms with E-state index in [2.05, 4.69) is 33.0 Å². The van der Waals surface area contributed by atoms with E-state index in [1.54, 1.807) is 0 Å². The molecule has 0 saturated carbocycles. The van der Waals surface area contributed by atoms with Crippen LogP contribution < -0.4 is 5.32 Å². The molecule has 3 atom stereocenters. The van der Waals surface area contributed by atoms with Gasteiger partial charge in [-0.15, -0.1) is 0 Å². The van der Waals surface area contributed by atoms with Gasteiger partial charge in [0.1, 0.15) is 0 Å². The second kappa shape index (κ2) is 4.24. The summed E-state index contributed by atoms with van der Waals surface area (Å²) in [5, 5.41) is 11.3. The van der Waals surface area contributed by atoms with Crippen LogP contribution in [0.1, 0.15) is 47.5 Å². The van der Waals surface area contributed by atoms with Gasteiger partial charge in [-0.25, -0.2) is 4.79 Å². The Kier molecular flexibility index (Phi) is 3.53. The number of nitrogens with one attached hydrogen (secondary N) is 1. The highest BCUT2D eigenvalue weighted by Crippen LogP contribution is 2.42. The molecule has 1 fully saturated rings. The molecule has 1 aliphatic heterocycles.